The lowest BCUT2D eigenvalue weighted by molar-refractivity contribution is -0.167. The summed E-state index contributed by atoms with van der Waals surface area (Å²) in [5.41, 5.74) is 0. The summed E-state index contributed by atoms with van der Waals surface area (Å²) in [6.45, 7) is 6.42. The van der Waals surface area contributed by atoms with Crippen LogP contribution in [-0.4, -0.2) is 37.2 Å². The minimum atomic E-state index is -0.795. The summed E-state index contributed by atoms with van der Waals surface area (Å²) in [4.78, 5) is 38.2. The van der Waals surface area contributed by atoms with Crippen LogP contribution in [0.4, 0.5) is 0 Å². The van der Waals surface area contributed by atoms with Crippen molar-refractivity contribution >= 4 is 17.9 Å². The quantitative estimate of drug-likeness (QED) is 0.0261. The van der Waals surface area contributed by atoms with E-state index in [2.05, 4.69) is 142 Å². The van der Waals surface area contributed by atoms with Gasteiger partial charge in [0.15, 0.2) is 6.10 Å². The Morgan fingerprint density at radius 3 is 0.844 bits per heavy atom. The molecular formula is C71H118O6. The third kappa shape index (κ3) is 62.5. The molecule has 1 unspecified atom stereocenters. The largest absolute Gasteiger partial charge is 0.462 e. The molecule has 0 spiro atoms. The first-order chi connectivity index (χ1) is 38.0. The Morgan fingerprint density at radius 1 is 0.273 bits per heavy atom. The normalized spacial score (nSPS) is 12.9. The van der Waals surface area contributed by atoms with E-state index in [0.717, 1.165) is 154 Å². The smallest absolute Gasteiger partial charge is 0.306 e. The van der Waals surface area contributed by atoms with Crippen molar-refractivity contribution in [3.05, 3.63) is 122 Å². The average Bonchev–Trinajstić information content (AvgIpc) is 3.43. The van der Waals surface area contributed by atoms with Gasteiger partial charge >= 0.3 is 17.9 Å². The van der Waals surface area contributed by atoms with Crippen molar-refractivity contribution in [3.8, 4) is 0 Å². The summed E-state index contributed by atoms with van der Waals surface area (Å²) in [7, 11) is 0. The highest BCUT2D eigenvalue weighted by molar-refractivity contribution is 5.71. The van der Waals surface area contributed by atoms with Crippen molar-refractivity contribution in [1.29, 1.82) is 0 Å². The maximum Gasteiger partial charge on any atom is 0.306 e. The molecule has 0 aliphatic carbocycles. The van der Waals surface area contributed by atoms with Gasteiger partial charge in [0.25, 0.3) is 0 Å². The van der Waals surface area contributed by atoms with Crippen molar-refractivity contribution in [3.63, 3.8) is 0 Å². The summed E-state index contributed by atoms with van der Waals surface area (Å²) < 4.78 is 16.9. The fourth-order valence-corrected chi connectivity index (χ4v) is 8.63. The van der Waals surface area contributed by atoms with Crippen LogP contribution in [0.15, 0.2) is 122 Å². The second-order valence-corrected chi connectivity index (χ2v) is 20.9. The molecule has 0 bridgehead atoms. The molecule has 0 aromatic rings. The number of hydrogen-bond acceptors (Lipinski definition) is 6. The van der Waals surface area contributed by atoms with E-state index in [0.29, 0.717) is 19.3 Å². The number of carbonyl (C=O) groups is 3. The molecule has 0 radical (unpaired) electrons. The Hall–Kier alpha value is -4.19. The van der Waals surface area contributed by atoms with Gasteiger partial charge in [-0.1, -0.05) is 264 Å². The Kier molecular flexibility index (Phi) is 60.8. The zero-order valence-electron chi connectivity index (χ0n) is 50.2. The molecule has 438 valence electrons. The van der Waals surface area contributed by atoms with Gasteiger partial charge in [0.1, 0.15) is 13.2 Å². The molecule has 6 nitrogen and oxygen atoms in total. The first-order valence-corrected chi connectivity index (χ1v) is 32.0. The van der Waals surface area contributed by atoms with E-state index >= 15 is 0 Å². The van der Waals surface area contributed by atoms with Crippen LogP contribution in [0.2, 0.25) is 0 Å². The summed E-state index contributed by atoms with van der Waals surface area (Å²) in [5.74, 6) is -0.917. The standard InChI is InChI=1S/C71H118O6/c1-4-7-10-13-16-19-22-25-27-28-29-30-31-32-33-34-35-36-37-38-39-40-41-42-44-46-49-52-55-58-61-64-70(73)76-67-68(66-75-69(72)63-60-57-54-51-48-45-24-21-18-15-12-9-6-3)77-71(74)65-62-59-56-53-50-47-43-26-23-20-17-14-11-8-5-2/h7,10,12,15-17,19-21,24-27,29-30,32-33,35-36,43,68H,4-6,8-9,11,13-14,18,22-23,28,31,34,37-42,44-67H2,1-3H3/b10-7-,15-12-,19-16-,20-17-,24-21-,27-25-,30-29-,33-32-,36-35-,43-26-. The van der Waals surface area contributed by atoms with E-state index in [1.807, 2.05) is 0 Å². The molecule has 0 aliphatic heterocycles. The first-order valence-electron chi connectivity index (χ1n) is 32.0. The zero-order valence-corrected chi connectivity index (χ0v) is 50.2. The second-order valence-electron chi connectivity index (χ2n) is 20.9. The van der Waals surface area contributed by atoms with Gasteiger partial charge in [-0.15, -0.1) is 0 Å². The summed E-state index contributed by atoms with van der Waals surface area (Å²) in [6, 6.07) is 0. The molecule has 0 heterocycles. The zero-order chi connectivity index (χ0) is 55.7. The summed E-state index contributed by atoms with van der Waals surface area (Å²) in [6.07, 6.45) is 89.2. The highest BCUT2D eigenvalue weighted by Gasteiger charge is 2.19. The van der Waals surface area contributed by atoms with Crippen LogP contribution in [0.1, 0.15) is 290 Å². The SMILES string of the molecule is CC/C=C\C/C=C\C/C=C\C/C=C\C/C=C\C/C=C\CCCCCCCCCCCCCCC(=O)OCC(COC(=O)CCCCCCC/C=C\C/C=C\CCC)OC(=O)CCCCCCC/C=C\C/C=C\CCCCC. The van der Waals surface area contributed by atoms with Crippen LogP contribution in [0.5, 0.6) is 0 Å². The van der Waals surface area contributed by atoms with Crippen molar-refractivity contribution in [1.82, 2.24) is 0 Å². The summed E-state index contributed by atoms with van der Waals surface area (Å²) >= 11 is 0. The maximum atomic E-state index is 12.9. The van der Waals surface area contributed by atoms with E-state index < -0.39 is 6.10 Å². The lowest BCUT2D eigenvalue weighted by Crippen LogP contribution is -2.30. The molecule has 77 heavy (non-hydrogen) atoms. The van der Waals surface area contributed by atoms with E-state index in [9.17, 15) is 14.4 Å². The van der Waals surface area contributed by atoms with Crippen LogP contribution in [-0.2, 0) is 28.6 Å². The van der Waals surface area contributed by atoms with Gasteiger partial charge in [-0.3, -0.25) is 14.4 Å². The van der Waals surface area contributed by atoms with Crippen LogP contribution in [0.25, 0.3) is 0 Å². The molecule has 0 saturated carbocycles. The van der Waals surface area contributed by atoms with Gasteiger partial charge < -0.3 is 14.2 Å². The molecular weight excluding hydrogens is 949 g/mol. The second kappa shape index (κ2) is 64.3. The summed E-state index contributed by atoms with van der Waals surface area (Å²) in [5, 5.41) is 0. The monoisotopic (exact) mass is 1070 g/mol. The molecule has 0 fully saturated rings. The highest BCUT2D eigenvalue weighted by atomic mass is 16.6. The first kappa shape index (κ1) is 72.8. The predicted octanol–water partition coefficient (Wildman–Crippen LogP) is 22.0. The van der Waals surface area contributed by atoms with Crippen molar-refractivity contribution in [2.45, 2.75) is 297 Å². The van der Waals surface area contributed by atoms with Crippen molar-refractivity contribution in [2.75, 3.05) is 13.2 Å². The van der Waals surface area contributed by atoms with Crippen LogP contribution < -0.4 is 0 Å². The van der Waals surface area contributed by atoms with Crippen LogP contribution in [0.3, 0.4) is 0 Å². The van der Waals surface area contributed by atoms with Gasteiger partial charge in [0, 0.05) is 19.3 Å². The topological polar surface area (TPSA) is 78.9 Å². The Labute approximate surface area is 475 Å². The number of carbonyl (C=O) groups excluding carboxylic acids is 3. The minimum Gasteiger partial charge on any atom is -0.462 e. The third-order valence-corrected chi connectivity index (χ3v) is 13.4. The molecule has 1 atom stereocenters. The minimum absolute atomic E-state index is 0.0903. The number of rotatable bonds is 57. The number of hydrogen-bond donors (Lipinski definition) is 0. The fraction of sp³-hybridized carbons (Fsp3) is 0.676. The van der Waals surface area contributed by atoms with Gasteiger partial charge in [0.05, 0.1) is 0 Å². The Morgan fingerprint density at radius 2 is 0.532 bits per heavy atom. The molecule has 0 aromatic heterocycles. The van der Waals surface area contributed by atoms with E-state index in [1.165, 1.54) is 96.3 Å². The number of ether oxygens (including phenoxy) is 3. The van der Waals surface area contributed by atoms with Crippen molar-refractivity contribution < 1.29 is 28.6 Å². The molecule has 0 rings (SSSR count). The number of allylic oxidation sites excluding steroid dienone is 20. The van der Waals surface area contributed by atoms with Gasteiger partial charge in [0.2, 0.25) is 0 Å². The van der Waals surface area contributed by atoms with Crippen LogP contribution in [0, 0.1) is 0 Å². The molecule has 0 aliphatic rings. The third-order valence-electron chi connectivity index (χ3n) is 13.4. The van der Waals surface area contributed by atoms with Crippen molar-refractivity contribution in [2.24, 2.45) is 0 Å². The molecule has 6 heteroatoms. The van der Waals surface area contributed by atoms with E-state index in [4.69, 9.17) is 14.2 Å². The van der Waals surface area contributed by atoms with Gasteiger partial charge in [-0.05, 0) is 128 Å². The van der Waals surface area contributed by atoms with Gasteiger partial charge in [-0.25, -0.2) is 0 Å². The Balaban J connectivity index is 4.25. The molecule has 0 saturated heterocycles. The van der Waals surface area contributed by atoms with Crippen LogP contribution >= 0.6 is 0 Å². The maximum absolute atomic E-state index is 12.9. The predicted molar refractivity (Wildman–Crippen MR) is 334 cm³/mol. The molecule has 0 amide bonds. The fourth-order valence-electron chi connectivity index (χ4n) is 8.63. The molecule has 0 N–H and O–H groups in total. The lowest BCUT2D eigenvalue weighted by Gasteiger charge is -2.18. The van der Waals surface area contributed by atoms with Gasteiger partial charge in [-0.2, -0.15) is 0 Å². The molecule has 0 aromatic carbocycles. The average molecular weight is 1070 g/mol. The van der Waals surface area contributed by atoms with E-state index in [1.54, 1.807) is 0 Å². The van der Waals surface area contributed by atoms with E-state index in [-0.39, 0.29) is 31.1 Å². The highest BCUT2D eigenvalue weighted by Crippen LogP contribution is 2.15. The number of unbranched alkanes of at least 4 members (excludes halogenated alkanes) is 26. The lowest BCUT2D eigenvalue weighted by atomic mass is 10.0. The number of esters is 3. The Bertz CT molecular complexity index is 1600.